The van der Waals surface area contributed by atoms with Crippen LogP contribution in [0.25, 0.3) is 10.8 Å². The molecule has 1 amide bonds. The zero-order valence-electron chi connectivity index (χ0n) is 14.4. The quantitative estimate of drug-likeness (QED) is 0.891. The first kappa shape index (κ1) is 17.7. The number of benzene rings is 2. The number of nitrogens with zero attached hydrogens (tertiary/aromatic N) is 1. The summed E-state index contributed by atoms with van der Waals surface area (Å²) in [4.78, 5) is 12.0. The molecule has 0 radical (unpaired) electrons. The van der Waals surface area contributed by atoms with Crippen LogP contribution >= 0.6 is 0 Å². The molecule has 3 nitrogen and oxygen atoms in total. The Hall–Kier alpha value is -2.08. The minimum Gasteiger partial charge on any atom is -0.287 e. The second-order valence-electron chi connectivity index (χ2n) is 7.15. The molecule has 1 aliphatic heterocycles. The average Bonchev–Trinajstić information content (AvgIpc) is 2.78. The molecular weight excluding hydrogens is 329 g/mol. The van der Waals surface area contributed by atoms with Gasteiger partial charge in [0.25, 0.3) is 0 Å². The van der Waals surface area contributed by atoms with E-state index < -0.39 is 23.5 Å². The molecule has 1 aliphatic rings. The first-order chi connectivity index (χ1) is 11.6. The predicted octanol–water partition coefficient (Wildman–Crippen LogP) is 4.38. The van der Waals surface area contributed by atoms with Crippen molar-refractivity contribution >= 4 is 16.7 Å². The van der Waals surface area contributed by atoms with Gasteiger partial charge in [-0.15, -0.1) is 0 Å². The highest BCUT2D eigenvalue weighted by Gasteiger charge is 2.51. The maximum Gasteiger partial charge on any atom is 0.409 e. The van der Waals surface area contributed by atoms with Crippen molar-refractivity contribution in [3.8, 4) is 0 Å². The Morgan fingerprint density at radius 1 is 1.24 bits per heavy atom. The number of carbonyl (C=O) groups excluding carboxylic acids is 1. The van der Waals surface area contributed by atoms with Gasteiger partial charge in [0.1, 0.15) is 0 Å². The molecule has 1 N–H and O–H groups in total. The molecule has 0 unspecified atom stereocenters. The lowest BCUT2D eigenvalue weighted by atomic mass is 9.92. The maximum atomic E-state index is 14.0. The summed E-state index contributed by atoms with van der Waals surface area (Å²) in [6.07, 6.45) is -3.77. The SMILES string of the molecule is CCc1ccc2cccc([C@H](N3CC(C)(C)C(=O)N3)C(F)(F)F)c2c1. The van der Waals surface area contributed by atoms with Crippen molar-refractivity contribution in [2.24, 2.45) is 5.41 Å². The molecule has 0 saturated carbocycles. The summed E-state index contributed by atoms with van der Waals surface area (Å²) in [6.45, 7) is 5.26. The summed E-state index contributed by atoms with van der Waals surface area (Å²) in [6, 6.07) is 8.63. The van der Waals surface area contributed by atoms with Gasteiger partial charge in [0.15, 0.2) is 6.04 Å². The van der Waals surface area contributed by atoms with Gasteiger partial charge in [0, 0.05) is 6.54 Å². The highest BCUT2D eigenvalue weighted by Crippen LogP contribution is 2.42. The highest BCUT2D eigenvalue weighted by molar-refractivity contribution is 5.87. The van der Waals surface area contributed by atoms with Crippen LogP contribution in [-0.4, -0.2) is 23.6 Å². The van der Waals surface area contributed by atoms with Crippen LogP contribution in [0.1, 0.15) is 37.9 Å². The lowest BCUT2D eigenvalue weighted by Gasteiger charge is -2.30. The molecule has 2 aromatic rings. The number of hydrogen-bond donors (Lipinski definition) is 1. The van der Waals surface area contributed by atoms with E-state index in [2.05, 4.69) is 5.43 Å². The molecule has 2 aromatic carbocycles. The second kappa shape index (κ2) is 6.02. The monoisotopic (exact) mass is 350 g/mol. The molecule has 1 atom stereocenters. The smallest absolute Gasteiger partial charge is 0.287 e. The van der Waals surface area contributed by atoms with E-state index in [1.807, 2.05) is 25.1 Å². The summed E-state index contributed by atoms with van der Waals surface area (Å²) in [5, 5.41) is 2.35. The molecule has 0 bridgehead atoms. The number of halogens is 3. The fourth-order valence-electron chi connectivity index (χ4n) is 3.30. The molecule has 0 aromatic heterocycles. The van der Waals surface area contributed by atoms with Crippen molar-refractivity contribution in [2.45, 2.75) is 39.4 Å². The third-order valence-electron chi connectivity index (χ3n) is 4.73. The van der Waals surface area contributed by atoms with E-state index in [4.69, 9.17) is 0 Å². The topological polar surface area (TPSA) is 32.3 Å². The van der Waals surface area contributed by atoms with E-state index in [0.29, 0.717) is 5.39 Å². The first-order valence-electron chi connectivity index (χ1n) is 8.29. The van der Waals surface area contributed by atoms with Crippen molar-refractivity contribution in [1.29, 1.82) is 0 Å². The Balaban J connectivity index is 2.15. The molecular formula is C19H21F3N2O. The Morgan fingerprint density at radius 3 is 2.52 bits per heavy atom. The van der Waals surface area contributed by atoms with Crippen LogP contribution in [0.5, 0.6) is 0 Å². The van der Waals surface area contributed by atoms with Gasteiger partial charge >= 0.3 is 6.18 Å². The zero-order valence-corrected chi connectivity index (χ0v) is 14.4. The highest BCUT2D eigenvalue weighted by atomic mass is 19.4. The summed E-state index contributed by atoms with van der Waals surface area (Å²) in [5.74, 6) is -0.392. The molecule has 1 heterocycles. The summed E-state index contributed by atoms with van der Waals surface area (Å²) < 4.78 is 41.9. The van der Waals surface area contributed by atoms with Crippen LogP contribution < -0.4 is 5.43 Å². The number of hydrogen-bond acceptors (Lipinski definition) is 2. The van der Waals surface area contributed by atoms with Crippen LogP contribution in [0.4, 0.5) is 13.2 Å². The number of alkyl halides is 3. The van der Waals surface area contributed by atoms with Crippen molar-refractivity contribution in [2.75, 3.05) is 6.54 Å². The zero-order chi connectivity index (χ0) is 18.4. The van der Waals surface area contributed by atoms with Crippen LogP contribution in [0.15, 0.2) is 36.4 Å². The van der Waals surface area contributed by atoms with Crippen molar-refractivity contribution < 1.29 is 18.0 Å². The van der Waals surface area contributed by atoms with E-state index in [9.17, 15) is 18.0 Å². The molecule has 0 aliphatic carbocycles. The number of hydrazine groups is 1. The first-order valence-corrected chi connectivity index (χ1v) is 8.29. The van der Waals surface area contributed by atoms with Crippen molar-refractivity contribution in [1.82, 2.24) is 10.4 Å². The van der Waals surface area contributed by atoms with Gasteiger partial charge in [-0.2, -0.15) is 13.2 Å². The molecule has 0 spiro atoms. The third-order valence-corrected chi connectivity index (χ3v) is 4.73. The minimum absolute atomic E-state index is 0.000133. The Morgan fingerprint density at radius 2 is 1.96 bits per heavy atom. The van der Waals surface area contributed by atoms with Gasteiger partial charge < -0.3 is 0 Å². The maximum absolute atomic E-state index is 14.0. The lowest BCUT2D eigenvalue weighted by Crippen LogP contribution is -2.43. The second-order valence-corrected chi connectivity index (χ2v) is 7.15. The van der Waals surface area contributed by atoms with Crippen LogP contribution in [0.2, 0.25) is 0 Å². The Kier molecular flexibility index (Phi) is 4.27. The number of rotatable bonds is 3. The van der Waals surface area contributed by atoms with Crippen LogP contribution in [0.3, 0.4) is 0 Å². The molecule has 3 rings (SSSR count). The fraction of sp³-hybridized carbons (Fsp3) is 0.421. The van der Waals surface area contributed by atoms with E-state index >= 15 is 0 Å². The summed E-state index contributed by atoms with van der Waals surface area (Å²) in [7, 11) is 0. The van der Waals surface area contributed by atoms with Gasteiger partial charge in [-0.3, -0.25) is 10.2 Å². The molecule has 1 fully saturated rings. The number of amides is 1. The van der Waals surface area contributed by atoms with Crippen LogP contribution in [-0.2, 0) is 11.2 Å². The molecule has 6 heteroatoms. The van der Waals surface area contributed by atoms with Gasteiger partial charge in [0.05, 0.1) is 5.41 Å². The Bertz CT molecular complexity index is 814. The van der Waals surface area contributed by atoms with Gasteiger partial charge in [0.2, 0.25) is 5.91 Å². The average molecular weight is 350 g/mol. The molecule has 25 heavy (non-hydrogen) atoms. The summed E-state index contributed by atoms with van der Waals surface area (Å²) in [5.41, 5.74) is 2.70. The summed E-state index contributed by atoms with van der Waals surface area (Å²) >= 11 is 0. The number of fused-ring (bicyclic) bond motifs is 1. The van der Waals surface area contributed by atoms with Crippen molar-refractivity contribution in [3.63, 3.8) is 0 Å². The fourth-order valence-corrected chi connectivity index (χ4v) is 3.30. The number of aryl methyl sites for hydroxylation is 1. The minimum atomic E-state index is -4.51. The number of nitrogens with one attached hydrogen (secondary N) is 1. The van der Waals surface area contributed by atoms with E-state index in [0.717, 1.165) is 22.4 Å². The third kappa shape index (κ3) is 3.23. The van der Waals surface area contributed by atoms with E-state index in [1.165, 1.54) is 6.07 Å². The normalized spacial score (nSPS) is 19.2. The predicted molar refractivity (Wildman–Crippen MR) is 90.8 cm³/mol. The largest absolute Gasteiger partial charge is 0.409 e. The molecule has 1 saturated heterocycles. The van der Waals surface area contributed by atoms with E-state index in [1.54, 1.807) is 26.0 Å². The Labute approximate surface area is 144 Å². The van der Waals surface area contributed by atoms with E-state index in [-0.39, 0.29) is 12.1 Å². The van der Waals surface area contributed by atoms with Gasteiger partial charge in [-0.25, -0.2) is 5.01 Å². The van der Waals surface area contributed by atoms with Gasteiger partial charge in [-0.05, 0) is 42.2 Å². The van der Waals surface area contributed by atoms with Gasteiger partial charge in [-0.1, -0.05) is 43.3 Å². The number of carbonyl (C=O) groups is 1. The lowest BCUT2D eigenvalue weighted by molar-refractivity contribution is -0.191. The van der Waals surface area contributed by atoms with Crippen molar-refractivity contribution in [3.05, 3.63) is 47.5 Å². The van der Waals surface area contributed by atoms with Crippen LogP contribution in [0, 0.1) is 5.41 Å². The standard InChI is InChI=1S/C19H21F3N2O/c1-4-12-8-9-13-6-5-7-14(15(13)10-12)16(19(20,21)22)24-11-18(2,3)17(25)23-24/h5-10,16H,4,11H2,1-3H3,(H,23,25)/t16-/m0/s1. The molecule has 134 valence electrons.